The molecule has 7 heteroatoms. The molecule has 2 aromatic rings. The molecule has 0 bridgehead atoms. The number of hydrogen-bond donors (Lipinski definition) is 0. The van der Waals surface area contributed by atoms with Gasteiger partial charge in [-0.05, 0) is 69.9 Å². The molecular weight excluding hydrogens is 392 g/mol. The lowest BCUT2D eigenvalue weighted by Gasteiger charge is -2.35. The maximum Gasteiger partial charge on any atom is 0.349 e. The van der Waals surface area contributed by atoms with E-state index in [1.807, 2.05) is 20.8 Å². The smallest absolute Gasteiger partial charge is 0.349 e. The van der Waals surface area contributed by atoms with Crippen molar-refractivity contribution in [3.05, 3.63) is 52.1 Å². The molecule has 156 valence electrons. The second-order valence-corrected chi connectivity index (χ2v) is 9.23. The quantitative estimate of drug-likeness (QED) is 0.553. The van der Waals surface area contributed by atoms with Gasteiger partial charge >= 0.3 is 16.1 Å². The summed E-state index contributed by atoms with van der Waals surface area (Å²) < 4.78 is 42.2. The molecule has 29 heavy (non-hydrogen) atoms. The van der Waals surface area contributed by atoms with Crippen LogP contribution in [0.3, 0.4) is 0 Å². The van der Waals surface area contributed by atoms with E-state index in [2.05, 4.69) is 0 Å². The largest absolute Gasteiger partial charge is 0.475 e. The fourth-order valence-electron chi connectivity index (χ4n) is 3.58. The number of carbonyl (C=O) groups excluding carboxylic acids is 1. The molecule has 0 spiro atoms. The molecular formula is C22H26O6S. The van der Waals surface area contributed by atoms with Crippen molar-refractivity contribution in [1.82, 2.24) is 0 Å². The number of ether oxygens (including phenoxy) is 2. The Labute approximate surface area is 171 Å². The highest BCUT2D eigenvalue weighted by Gasteiger charge is 2.42. The van der Waals surface area contributed by atoms with Crippen molar-refractivity contribution >= 4 is 16.1 Å². The van der Waals surface area contributed by atoms with Gasteiger partial charge in [0.1, 0.15) is 16.4 Å². The highest BCUT2D eigenvalue weighted by molar-refractivity contribution is 7.87. The summed E-state index contributed by atoms with van der Waals surface area (Å²) in [4.78, 5) is 12.3. The number of esters is 1. The van der Waals surface area contributed by atoms with Crippen LogP contribution in [0.2, 0.25) is 0 Å². The van der Waals surface area contributed by atoms with Crippen molar-refractivity contribution in [1.29, 1.82) is 0 Å². The Morgan fingerprint density at radius 1 is 1.03 bits per heavy atom. The number of hydrogen-bond acceptors (Lipinski definition) is 6. The van der Waals surface area contributed by atoms with Crippen LogP contribution in [-0.4, -0.2) is 27.1 Å². The van der Waals surface area contributed by atoms with Crippen LogP contribution >= 0.6 is 0 Å². The first-order valence-corrected chi connectivity index (χ1v) is 10.8. The van der Waals surface area contributed by atoms with E-state index in [-0.39, 0.29) is 4.90 Å². The van der Waals surface area contributed by atoms with Gasteiger partial charge in [-0.2, -0.15) is 8.42 Å². The molecule has 6 nitrogen and oxygen atoms in total. The Kier molecular flexibility index (Phi) is 5.38. The van der Waals surface area contributed by atoms with Crippen LogP contribution < -0.4 is 8.92 Å². The molecule has 0 saturated carbocycles. The minimum atomic E-state index is -3.97. The molecule has 2 aromatic carbocycles. The van der Waals surface area contributed by atoms with Crippen LogP contribution in [0.5, 0.6) is 11.5 Å². The molecule has 0 saturated heterocycles. The Bertz CT molecular complexity index is 1070. The summed E-state index contributed by atoms with van der Waals surface area (Å²) in [5.74, 6) is 0.478. The van der Waals surface area contributed by atoms with E-state index in [9.17, 15) is 13.2 Å². The molecule has 0 unspecified atom stereocenters. The summed E-state index contributed by atoms with van der Waals surface area (Å²) in [6, 6.07) is 6.53. The van der Waals surface area contributed by atoms with Gasteiger partial charge in [-0.1, -0.05) is 17.7 Å². The zero-order chi connectivity index (χ0) is 21.6. The normalized spacial score (nSPS) is 18.6. The second-order valence-electron chi connectivity index (χ2n) is 7.69. The van der Waals surface area contributed by atoms with Crippen molar-refractivity contribution in [3.8, 4) is 11.5 Å². The molecule has 0 aromatic heterocycles. The van der Waals surface area contributed by atoms with E-state index in [0.717, 1.165) is 16.7 Å². The van der Waals surface area contributed by atoms with Crippen molar-refractivity contribution in [3.63, 3.8) is 0 Å². The van der Waals surface area contributed by atoms with Crippen LogP contribution in [0.15, 0.2) is 29.2 Å². The standard InChI is InChI=1S/C22H26O6S/c1-13-7-9-17(10-8-13)29(24,25)28-19-14(2)15(3)20-18(16(19)4)11-12-22(5,27-20)21(23)26-6/h7-10H,11-12H2,1-6H3/t22-/m0/s1. The number of rotatable bonds is 4. The number of aryl methyl sites for hydroxylation is 1. The lowest BCUT2D eigenvalue weighted by Crippen LogP contribution is -2.45. The van der Waals surface area contributed by atoms with Crippen LogP contribution in [0, 0.1) is 27.7 Å². The summed E-state index contributed by atoms with van der Waals surface area (Å²) in [5, 5.41) is 0. The maximum atomic E-state index is 12.8. The summed E-state index contributed by atoms with van der Waals surface area (Å²) in [7, 11) is -2.64. The third kappa shape index (κ3) is 3.71. The molecule has 0 aliphatic carbocycles. The summed E-state index contributed by atoms with van der Waals surface area (Å²) in [5.41, 5.74) is 2.85. The van der Waals surface area contributed by atoms with Crippen LogP contribution in [0.1, 0.15) is 41.2 Å². The highest BCUT2D eigenvalue weighted by Crippen LogP contribution is 2.44. The van der Waals surface area contributed by atoms with Crippen LogP contribution in [-0.2, 0) is 26.1 Å². The van der Waals surface area contributed by atoms with Gasteiger partial charge in [0.25, 0.3) is 0 Å². The van der Waals surface area contributed by atoms with Crippen LogP contribution in [0.25, 0.3) is 0 Å². The first-order valence-electron chi connectivity index (χ1n) is 9.41. The topological polar surface area (TPSA) is 78.9 Å². The maximum absolute atomic E-state index is 12.8. The van der Waals surface area contributed by atoms with Crippen molar-refractivity contribution in [2.75, 3.05) is 7.11 Å². The molecule has 0 amide bonds. The van der Waals surface area contributed by atoms with Crippen molar-refractivity contribution in [2.24, 2.45) is 0 Å². The Morgan fingerprint density at radius 3 is 2.24 bits per heavy atom. The van der Waals surface area contributed by atoms with Gasteiger partial charge in [0.15, 0.2) is 0 Å². The second kappa shape index (κ2) is 7.37. The highest BCUT2D eigenvalue weighted by atomic mass is 32.2. The summed E-state index contributed by atoms with van der Waals surface area (Å²) in [6.07, 6.45) is 0.981. The number of carbonyl (C=O) groups is 1. The fourth-order valence-corrected chi connectivity index (χ4v) is 4.62. The van der Waals surface area contributed by atoms with Gasteiger partial charge in [-0.25, -0.2) is 4.79 Å². The SMILES string of the molecule is COC(=O)[C@]1(C)CCc2c(C)c(OS(=O)(=O)c3ccc(C)cc3)c(C)c(C)c2O1. The predicted molar refractivity (Wildman–Crippen MR) is 109 cm³/mol. The van der Waals surface area contributed by atoms with Crippen molar-refractivity contribution in [2.45, 2.75) is 58.0 Å². The lowest BCUT2D eigenvalue weighted by molar-refractivity contribution is -0.159. The molecule has 1 atom stereocenters. The molecule has 0 N–H and O–H groups in total. The fraction of sp³-hybridized carbons (Fsp3) is 0.409. The van der Waals surface area contributed by atoms with Gasteiger partial charge in [0.2, 0.25) is 5.60 Å². The van der Waals surface area contributed by atoms with Gasteiger partial charge < -0.3 is 13.7 Å². The monoisotopic (exact) mass is 418 g/mol. The van der Waals surface area contributed by atoms with Gasteiger partial charge in [0, 0.05) is 12.0 Å². The Balaban J connectivity index is 2.04. The third-order valence-corrected chi connectivity index (χ3v) is 6.85. The number of benzene rings is 2. The van der Waals surface area contributed by atoms with Gasteiger partial charge in [0.05, 0.1) is 7.11 Å². The minimum absolute atomic E-state index is 0.104. The molecule has 1 heterocycles. The minimum Gasteiger partial charge on any atom is -0.475 e. The van der Waals surface area contributed by atoms with Crippen molar-refractivity contribution < 1.29 is 26.9 Å². The third-order valence-electron chi connectivity index (χ3n) is 5.61. The van der Waals surface area contributed by atoms with E-state index in [0.29, 0.717) is 35.5 Å². The van der Waals surface area contributed by atoms with E-state index in [1.165, 1.54) is 19.2 Å². The van der Waals surface area contributed by atoms with Gasteiger partial charge in [-0.3, -0.25) is 0 Å². The average molecular weight is 419 g/mol. The van der Waals surface area contributed by atoms with Gasteiger partial charge in [-0.15, -0.1) is 0 Å². The Morgan fingerprint density at radius 2 is 1.66 bits per heavy atom. The summed E-state index contributed by atoms with van der Waals surface area (Å²) in [6.45, 7) is 9.03. The van der Waals surface area contributed by atoms with E-state index in [1.54, 1.807) is 26.0 Å². The number of fused-ring (bicyclic) bond motifs is 1. The first-order chi connectivity index (χ1) is 13.5. The molecule has 0 radical (unpaired) electrons. The Hall–Kier alpha value is -2.54. The molecule has 1 aliphatic heterocycles. The molecule has 1 aliphatic rings. The molecule has 3 rings (SSSR count). The average Bonchev–Trinajstić information content (AvgIpc) is 2.69. The lowest BCUT2D eigenvalue weighted by atomic mass is 9.87. The summed E-state index contributed by atoms with van der Waals surface area (Å²) >= 11 is 0. The van der Waals surface area contributed by atoms with E-state index < -0.39 is 21.7 Å². The molecule has 0 fully saturated rings. The number of methoxy groups -OCH3 is 1. The van der Waals surface area contributed by atoms with E-state index in [4.69, 9.17) is 13.7 Å². The first kappa shape index (κ1) is 21.2. The van der Waals surface area contributed by atoms with Crippen LogP contribution in [0.4, 0.5) is 0 Å². The predicted octanol–water partition coefficient (Wildman–Crippen LogP) is 3.94. The zero-order valence-corrected chi connectivity index (χ0v) is 18.4. The van der Waals surface area contributed by atoms with E-state index >= 15 is 0 Å². The zero-order valence-electron chi connectivity index (χ0n) is 17.6.